The fourth-order valence-corrected chi connectivity index (χ4v) is 1.84. The van der Waals surface area contributed by atoms with E-state index in [-0.39, 0.29) is 17.5 Å². The van der Waals surface area contributed by atoms with Gasteiger partial charge in [-0.05, 0) is 43.5 Å². The Morgan fingerprint density at radius 2 is 2.05 bits per heavy atom. The Morgan fingerprint density at radius 1 is 1.33 bits per heavy atom. The first kappa shape index (κ1) is 14.7. The molecule has 2 aromatic rings. The molecule has 1 heterocycles. The average Bonchev–Trinajstić information content (AvgIpc) is 2.43. The first-order chi connectivity index (χ1) is 9.92. The number of nitrogens with one attached hydrogen (secondary N) is 1. The molecule has 1 aromatic carbocycles. The number of anilines is 1. The summed E-state index contributed by atoms with van der Waals surface area (Å²) in [6, 6.07) is 3.80. The number of rotatable bonds is 4. The van der Waals surface area contributed by atoms with Gasteiger partial charge in [0, 0.05) is 0 Å². The Balaban J connectivity index is 2.50. The summed E-state index contributed by atoms with van der Waals surface area (Å²) in [6.45, 7) is 5.73. The smallest absolute Gasteiger partial charge is 0.349 e. The molecule has 0 amide bonds. The minimum Gasteiger partial charge on any atom is -0.433 e. The molecule has 0 aliphatic heterocycles. The number of benzene rings is 1. The Morgan fingerprint density at radius 3 is 2.67 bits per heavy atom. The zero-order valence-electron chi connectivity index (χ0n) is 11.9. The van der Waals surface area contributed by atoms with Crippen molar-refractivity contribution in [1.82, 2.24) is 9.97 Å². The van der Waals surface area contributed by atoms with Gasteiger partial charge in [-0.2, -0.15) is 4.98 Å². The van der Waals surface area contributed by atoms with Gasteiger partial charge < -0.3 is 4.74 Å². The third-order valence-electron chi connectivity index (χ3n) is 3.03. The second-order valence-electron chi connectivity index (χ2n) is 4.59. The van der Waals surface area contributed by atoms with Crippen LogP contribution in [0.4, 0.5) is 11.6 Å². The van der Waals surface area contributed by atoms with E-state index in [2.05, 4.69) is 15.4 Å². The molecule has 0 bridgehead atoms. The van der Waals surface area contributed by atoms with Crippen molar-refractivity contribution in [3.8, 4) is 11.6 Å². The molecule has 0 aliphatic rings. The van der Waals surface area contributed by atoms with Crippen molar-refractivity contribution in [3.63, 3.8) is 0 Å². The van der Waals surface area contributed by atoms with Crippen molar-refractivity contribution in [2.24, 2.45) is 5.84 Å². The summed E-state index contributed by atoms with van der Waals surface area (Å²) in [4.78, 5) is 18.0. The van der Waals surface area contributed by atoms with Gasteiger partial charge in [-0.1, -0.05) is 6.07 Å². The Kier molecular flexibility index (Phi) is 3.99. The predicted octanol–water partition coefficient (Wildman–Crippen LogP) is 2.39. The number of nitrogen functional groups attached to an aromatic ring is 1. The quantitative estimate of drug-likeness (QED) is 0.504. The zero-order chi connectivity index (χ0) is 15.6. The number of aryl methyl sites for hydroxylation is 2. The first-order valence-electron chi connectivity index (χ1n) is 6.16. The van der Waals surface area contributed by atoms with Gasteiger partial charge in [0.15, 0.2) is 0 Å². The van der Waals surface area contributed by atoms with Crippen LogP contribution in [0.5, 0.6) is 11.6 Å². The number of nitro groups is 1. The highest BCUT2D eigenvalue weighted by Crippen LogP contribution is 2.32. The number of ether oxygens (including phenoxy) is 1. The first-order valence-corrected chi connectivity index (χ1v) is 6.16. The van der Waals surface area contributed by atoms with Crippen molar-refractivity contribution in [3.05, 3.63) is 45.1 Å². The van der Waals surface area contributed by atoms with Crippen molar-refractivity contribution >= 4 is 11.6 Å². The molecule has 0 radical (unpaired) electrons. The van der Waals surface area contributed by atoms with Gasteiger partial charge in [0.25, 0.3) is 0 Å². The second-order valence-corrected chi connectivity index (χ2v) is 4.59. The lowest BCUT2D eigenvalue weighted by molar-refractivity contribution is -0.386. The maximum Gasteiger partial charge on any atom is 0.349 e. The topological polar surface area (TPSA) is 116 Å². The van der Waals surface area contributed by atoms with E-state index in [1.807, 2.05) is 26.8 Å². The lowest BCUT2D eigenvalue weighted by atomic mass is 10.1. The molecule has 0 atom stereocenters. The molecule has 110 valence electrons. The van der Waals surface area contributed by atoms with Crippen LogP contribution in [0.1, 0.15) is 16.7 Å². The van der Waals surface area contributed by atoms with Crippen molar-refractivity contribution in [2.45, 2.75) is 20.8 Å². The van der Waals surface area contributed by atoms with E-state index in [4.69, 9.17) is 10.6 Å². The molecule has 8 nitrogen and oxygen atoms in total. The van der Waals surface area contributed by atoms with Gasteiger partial charge in [-0.3, -0.25) is 15.5 Å². The molecule has 0 saturated carbocycles. The van der Waals surface area contributed by atoms with Gasteiger partial charge in [-0.25, -0.2) is 10.8 Å². The summed E-state index contributed by atoms with van der Waals surface area (Å²) < 4.78 is 5.62. The molecule has 21 heavy (non-hydrogen) atoms. The maximum atomic E-state index is 11.0. The Bertz CT molecular complexity index is 702. The van der Waals surface area contributed by atoms with Crippen LogP contribution >= 0.6 is 0 Å². The van der Waals surface area contributed by atoms with E-state index in [0.717, 1.165) is 22.9 Å². The van der Waals surface area contributed by atoms with Gasteiger partial charge in [0.1, 0.15) is 11.9 Å². The molecular formula is C13H15N5O3. The monoisotopic (exact) mass is 289 g/mol. The van der Waals surface area contributed by atoms with Crippen LogP contribution in [0.25, 0.3) is 0 Å². The van der Waals surface area contributed by atoms with Crippen LogP contribution < -0.4 is 16.0 Å². The fourth-order valence-electron chi connectivity index (χ4n) is 1.84. The summed E-state index contributed by atoms with van der Waals surface area (Å²) >= 11 is 0. The fraction of sp³-hybridized carbons (Fsp3) is 0.231. The number of hydrogen-bond donors (Lipinski definition) is 2. The molecule has 3 N–H and O–H groups in total. The van der Waals surface area contributed by atoms with Crippen LogP contribution in [0.3, 0.4) is 0 Å². The minimum atomic E-state index is -0.604. The highest BCUT2D eigenvalue weighted by atomic mass is 16.6. The van der Waals surface area contributed by atoms with Gasteiger partial charge in [-0.15, -0.1) is 0 Å². The number of nitrogens with zero attached hydrogens (tertiary/aromatic N) is 3. The molecule has 0 spiro atoms. The van der Waals surface area contributed by atoms with Gasteiger partial charge in [0.2, 0.25) is 5.95 Å². The lowest BCUT2D eigenvalue weighted by Gasteiger charge is -2.11. The normalized spacial score (nSPS) is 10.3. The highest BCUT2D eigenvalue weighted by Gasteiger charge is 2.20. The lowest BCUT2D eigenvalue weighted by Crippen LogP contribution is -2.11. The van der Waals surface area contributed by atoms with E-state index >= 15 is 0 Å². The summed E-state index contributed by atoms with van der Waals surface area (Å²) in [5, 5.41) is 11.0. The van der Waals surface area contributed by atoms with Gasteiger partial charge in [0.05, 0.1) is 4.92 Å². The number of nitrogens with two attached hydrogens (primary N) is 1. The van der Waals surface area contributed by atoms with E-state index in [1.54, 1.807) is 6.07 Å². The molecular weight excluding hydrogens is 274 g/mol. The summed E-state index contributed by atoms with van der Waals surface area (Å²) in [6.07, 6.45) is 1.05. The van der Waals surface area contributed by atoms with Crippen LogP contribution in [0, 0.1) is 30.9 Å². The highest BCUT2D eigenvalue weighted by molar-refractivity contribution is 5.48. The van der Waals surface area contributed by atoms with Crippen molar-refractivity contribution in [2.75, 3.05) is 5.43 Å². The van der Waals surface area contributed by atoms with Crippen LogP contribution in [0.2, 0.25) is 0 Å². The van der Waals surface area contributed by atoms with E-state index in [9.17, 15) is 10.1 Å². The SMILES string of the molecule is Cc1cc(C)c(C)c(Oc2nc(NN)ncc2[N+](=O)[O-])c1. The second kappa shape index (κ2) is 5.71. The van der Waals surface area contributed by atoms with Crippen LogP contribution in [-0.2, 0) is 0 Å². The Hall–Kier alpha value is -2.74. The zero-order valence-corrected chi connectivity index (χ0v) is 11.9. The van der Waals surface area contributed by atoms with E-state index in [0.29, 0.717) is 5.75 Å². The molecule has 0 aliphatic carbocycles. The third-order valence-corrected chi connectivity index (χ3v) is 3.03. The summed E-state index contributed by atoms with van der Waals surface area (Å²) in [7, 11) is 0. The molecule has 0 fully saturated rings. The Labute approximate surface area is 121 Å². The molecule has 1 aromatic heterocycles. The van der Waals surface area contributed by atoms with Crippen molar-refractivity contribution in [1.29, 1.82) is 0 Å². The number of hydrazine groups is 1. The molecule has 0 saturated heterocycles. The van der Waals surface area contributed by atoms with Crippen molar-refractivity contribution < 1.29 is 9.66 Å². The minimum absolute atomic E-state index is 0.0395. The summed E-state index contributed by atoms with van der Waals surface area (Å²) in [5.41, 5.74) is 4.81. The molecule has 0 unspecified atom stereocenters. The number of aromatic nitrogens is 2. The van der Waals surface area contributed by atoms with Crippen LogP contribution in [0.15, 0.2) is 18.3 Å². The van der Waals surface area contributed by atoms with E-state index in [1.165, 1.54) is 0 Å². The summed E-state index contributed by atoms with van der Waals surface area (Å²) in [5.74, 6) is 5.61. The van der Waals surface area contributed by atoms with E-state index < -0.39 is 4.92 Å². The number of hydrogen-bond acceptors (Lipinski definition) is 7. The maximum absolute atomic E-state index is 11.0. The van der Waals surface area contributed by atoms with Gasteiger partial charge >= 0.3 is 11.6 Å². The molecule has 8 heteroatoms. The predicted molar refractivity (Wildman–Crippen MR) is 77.2 cm³/mol. The van der Waals surface area contributed by atoms with Crippen LogP contribution in [-0.4, -0.2) is 14.9 Å². The molecule has 2 rings (SSSR count). The average molecular weight is 289 g/mol. The third kappa shape index (κ3) is 3.06. The standard InChI is InChI=1S/C13H15N5O3/c1-7-4-8(2)9(3)11(5-7)21-12-10(18(19)20)6-15-13(16-12)17-14/h4-6H,14H2,1-3H3,(H,15,16,17). The largest absolute Gasteiger partial charge is 0.433 e.